The van der Waals surface area contributed by atoms with Crippen molar-refractivity contribution in [3.05, 3.63) is 52.3 Å². The van der Waals surface area contributed by atoms with Gasteiger partial charge in [-0.25, -0.2) is 12.8 Å². The zero-order valence-electron chi connectivity index (χ0n) is 13.7. The van der Waals surface area contributed by atoms with Gasteiger partial charge in [0.25, 0.3) is 10.0 Å². The number of nitrogens with zero attached hydrogens (tertiary/aromatic N) is 1. The second-order valence-corrected chi connectivity index (χ2v) is 7.66. The fraction of sp³-hybridized carbons (Fsp3) is 0.188. The number of sulfonamides is 1. The Labute approximate surface area is 160 Å². The molecule has 0 amide bonds. The minimum Gasteiger partial charge on any atom is -0.495 e. The molecule has 0 heterocycles. The van der Waals surface area contributed by atoms with Gasteiger partial charge < -0.3 is 9.47 Å². The minimum atomic E-state index is -4.22. The lowest BCUT2D eigenvalue weighted by atomic mass is 10.3. The zero-order valence-corrected chi connectivity index (χ0v) is 16.0. The average molecular weight is 422 g/mol. The van der Waals surface area contributed by atoms with Crippen molar-refractivity contribution in [1.82, 2.24) is 0 Å². The fourth-order valence-electron chi connectivity index (χ4n) is 2.07. The van der Waals surface area contributed by atoms with Gasteiger partial charge in [-0.2, -0.15) is 0 Å². The van der Waals surface area contributed by atoms with Gasteiger partial charge in [-0.05, 0) is 36.4 Å². The maximum atomic E-state index is 13.4. The maximum absolute atomic E-state index is 13.4. The van der Waals surface area contributed by atoms with Crippen LogP contribution in [-0.4, -0.2) is 35.2 Å². The molecule has 0 fully saturated rings. The molecule has 26 heavy (non-hydrogen) atoms. The molecule has 140 valence electrons. The van der Waals surface area contributed by atoms with Crippen molar-refractivity contribution in [3.63, 3.8) is 0 Å². The number of benzene rings is 2. The van der Waals surface area contributed by atoms with Crippen LogP contribution in [0.5, 0.6) is 5.75 Å². The summed E-state index contributed by atoms with van der Waals surface area (Å²) < 4.78 is 49.7. The first-order valence-electron chi connectivity index (χ1n) is 7.09. The molecule has 10 heteroatoms. The smallest absolute Gasteiger partial charge is 0.326 e. The molecule has 0 aromatic heterocycles. The van der Waals surface area contributed by atoms with Crippen molar-refractivity contribution in [2.75, 3.05) is 25.1 Å². The normalized spacial score (nSPS) is 11.1. The topological polar surface area (TPSA) is 72.9 Å². The van der Waals surface area contributed by atoms with Crippen LogP contribution < -0.4 is 9.04 Å². The van der Waals surface area contributed by atoms with Crippen molar-refractivity contribution < 1.29 is 27.1 Å². The Hall–Kier alpha value is -2.03. The summed E-state index contributed by atoms with van der Waals surface area (Å²) in [5.41, 5.74) is -0.00580. The van der Waals surface area contributed by atoms with Gasteiger partial charge in [0.2, 0.25) is 0 Å². The van der Waals surface area contributed by atoms with Gasteiger partial charge in [-0.15, -0.1) is 0 Å². The third-order valence-electron chi connectivity index (χ3n) is 3.40. The Balaban J connectivity index is 2.57. The molecule has 0 atom stereocenters. The van der Waals surface area contributed by atoms with Crippen LogP contribution in [0.1, 0.15) is 0 Å². The molecule has 0 saturated heterocycles. The molecule has 0 unspecified atom stereocenters. The maximum Gasteiger partial charge on any atom is 0.326 e. The Kier molecular flexibility index (Phi) is 6.33. The highest BCUT2D eigenvalue weighted by molar-refractivity contribution is 7.92. The van der Waals surface area contributed by atoms with Crippen LogP contribution in [0.15, 0.2) is 41.3 Å². The highest BCUT2D eigenvalue weighted by Crippen LogP contribution is 2.31. The van der Waals surface area contributed by atoms with Gasteiger partial charge in [0, 0.05) is 0 Å². The SMILES string of the molecule is COC(=O)CN(c1ccc(F)c(Cl)c1)S(=O)(=O)c1ccc(OC)c(Cl)c1. The average Bonchev–Trinajstić information content (AvgIpc) is 2.61. The van der Waals surface area contributed by atoms with Crippen LogP contribution in [0.25, 0.3) is 0 Å². The van der Waals surface area contributed by atoms with E-state index in [1.807, 2.05) is 0 Å². The molecule has 0 spiro atoms. The van der Waals surface area contributed by atoms with E-state index in [0.717, 1.165) is 23.5 Å². The number of anilines is 1. The Bertz CT molecular complexity index is 936. The predicted octanol–water partition coefficient (Wildman–Crippen LogP) is 3.51. The molecule has 0 aliphatic heterocycles. The summed E-state index contributed by atoms with van der Waals surface area (Å²) in [6.45, 7) is -0.634. The van der Waals surface area contributed by atoms with Crippen LogP contribution in [0, 0.1) is 5.82 Å². The van der Waals surface area contributed by atoms with E-state index in [0.29, 0.717) is 0 Å². The summed E-state index contributed by atoms with van der Waals surface area (Å²) in [5, 5.41) is -0.218. The second-order valence-electron chi connectivity index (χ2n) is 4.98. The summed E-state index contributed by atoms with van der Waals surface area (Å²) in [6, 6.07) is 7.12. The third kappa shape index (κ3) is 4.20. The zero-order chi connectivity index (χ0) is 19.5. The van der Waals surface area contributed by atoms with E-state index in [4.69, 9.17) is 27.9 Å². The monoisotopic (exact) mass is 421 g/mol. The lowest BCUT2D eigenvalue weighted by Gasteiger charge is -2.24. The minimum absolute atomic E-state index is 0.00580. The fourth-order valence-corrected chi connectivity index (χ4v) is 4.00. The van der Waals surface area contributed by atoms with Gasteiger partial charge in [0.15, 0.2) is 0 Å². The second kappa shape index (κ2) is 8.11. The van der Waals surface area contributed by atoms with Crippen LogP contribution in [0.2, 0.25) is 10.0 Å². The molecule has 2 aromatic carbocycles. The van der Waals surface area contributed by atoms with Crippen molar-refractivity contribution in [3.8, 4) is 5.75 Å². The van der Waals surface area contributed by atoms with Crippen molar-refractivity contribution in [2.45, 2.75) is 4.90 Å². The number of halogens is 3. The Morgan fingerprint density at radius 1 is 1.12 bits per heavy atom. The molecule has 0 aliphatic rings. The number of carbonyl (C=O) groups is 1. The van der Waals surface area contributed by atoms with Crippen LogP contribution in [0.3, 0.4) is 0 Å². The standard InChI is InChI=1S/C16H14Cl2FNO5S/c1-24-15-6-4-11(8-13(15)18)26(22,23)20(9-16(21)25-2)10-3-5-14(19)12(17)7-10/h3-8H,9H2,1-2H3. The highest BCUT2D eigenvalue weighted by atomic mass is 35.5. The lowest BCUT2D eigenvalue weighted by Crippen LogP contribution is -2.36. The molecule has 0 radical (unpaired) electrons. The number of ether oxygens (including phenoxy) is 2. The lowest BCUT2D eigenvalue weighted by molar-refractivity contribution is -0.138. The van der Waals surface area contributed by atoms with E-state index >= 15 is 0 Å². The molecule has 2 aromatic rings. The Morgan fingerprint density at radius 2 is 1.81 bits per heavy atom. The van der Waals surface area contributed by atoms with Crippen LogP contribution >= 0.6 is 23.2 Å². The van der Waals surface area contributed by atoms with Crippen LogP contribution in [-0.2, 0) is 19.6 Å². The van der Waals surface area contributed by atoms with Crippen molar-refractivity contribution in [1.29, 1.82) is 0 Å². The van der Waals surface area contributed by atoms with Gasteiger partial charge in [0.05, 0.1) is 34.8 Å². The first kappa shape index (κ1) is 20.3. The predicted molar refractivity (Wildman–Crippen MR) is 96.0 cm³/mol. The molecular weight excluding hydrogens is 408 g/mol. The first-order valence-corrected chi connectivity index (χ1v) is 9.28. The third-order valence-corrected chi connectivity index (χ3v) is 5.76. The summed E-state index contributed by atoms with van der Waals surface area (Å²) in [5.74, 6) is -1.25. The van der Waals surface area contributed by atoms with Gasteiger partial charge in [-0.1, -0.05) is 23.2 Å². The van der Waals surface area contributed by atoms with E-state index < -0.39 is 28.4 Å². The molecule has 2 rings (SSSR count). The van der Waals surface area contributed by atoms with Crippen molar-refractivity contribution in [2.24, 2.45) is 0 Å². The van der Waals surface area contributed by atoms with Gasteiger partial charge in [-0.3, -0.25) is 9.10 Å². The molecule has 6 nitrogen and oxygen atoms in total. The highest BCUT2D eigenvalue weighted by Gasteiger charge is 2.28. The van der Waals surface area contributed by atoms with E-state index in [2.05, 4.69) is 4.74 Å². The number of esters is 1. The number of methoxy groups -OCH3 is 2. The largest absolute Gasteiger partial charge is 0.495 e. The number of hydrogen-bond donors (Lipinski definition) is 0. The molecule has 0 N–H and O–H groups in total. The number of carbonyl (C=O) groups excluding carboxylic acids is 1. The summed E-state index contributed by atoms with van der Waals surface area (Å²) >= 11 is 11.7. The van der Waals surface area contributed by atoms with Gasteiger partial charge >= 0.3 is 5.97 Å². The van der Waals surface area contributed by atoms with Gasteiger partial charge in [0.1, 0.15) is 18.1 Å². The number of rotatable bonds is 6. The molecule has 0 aliphatic carbocycles. The van der Waals surface area contributed by atoms with Crippen LogP contribution in [0.4, 0.5) is 10.1 Å². The summed E-state index contributed by atoms with van der Waals surface area (Å²) in [6.07, 6.45) is 0. The van der Waals surface area contributed by atoms with Crippen molar-refractivity contribution >= 4 is 44.9 Å². The summed E-state index contributed by atoms with van der Waals surface area (Å²) in [7, 11) is -1.72. The molecule has 0 saturated carbocycles. The molecular formula is C16H14Cl2FNO5S. The number of hydrogen-bond acceptors (Lipinski definition) is 5. The van der Waals surface area contributed by atoms with E-state index in [1.165, 1.54) is 31.4 Å². The Morgan fingerprint density at radius 3 is 2.35 bits per heavy atom. The van der Waals surface area contributed by atoms with E-state index in [-0.39, 0.29) is 26.4 Å². The quantitative estimate of drug-likeness (QED) is 0.667. The summed E-state index contributed by atoms with van der Waals surface area (Å²) in [4.78, 5) is 11.5. The van der Waals surface area contributed by atoms with E-state index in [1.54, 1.807) is 0 Å². The first-order chi connectivity index (χ1) is 12.2. The molecule has 0 bridgehead atoms. The van der Waals surface area contributed by atoms with E-state index in [9.17, 15) is 17.6 Å².